The molecule has 0 atom stereocenters. The number of nitrogens with zero attached hydrogens (tertiary/aromatic N) is 4. The van der Waals surface area contributed by atoms with E-state index in [0.717, 1.165) is 0 Å². The largest absolute Gasteiger partial charge is 0.270 e. The molecule has 0 unspecified atom stereocenters. The van der Waals surface area contributed by atoms with Crippen molar-refractivity contribution >= 4 is 0 Å². The molecule has 0 aromatic carbocycles. The molecule has 0 bridgehead atoms. The molecule has 0 aromatic heterocycles. The monoisotopic (exact) mass is 144 g/mol. The van der Waals surface area contributed by atoms with Crippen LogP contribution in [0.3, 0.4) is 0 Å². The molecule has 0 saturated carbocycles. The van der Waals surface area contributed by atoms with E-state index in [4.69, 9.17) is 10.5 Å². The van der Waals surface area contributed by atoms with Crippen LogP contribution in [0.25, 0.3) is 0 Å². The zero-order valence-corrected chi connectivity index (χ0v) is 5.60. The maximum atomic E-state index is 8.56. The van der Waals surface area contributed by atoms with Gasteiger partial charge in [0.1, 0.15) is 12.1 Å². The lowest BCUT2D eigenvalue weighted by Crippen LogP contribution is -2.16. The first kappa shape index (κ1) is 7.17. The molecular weight excluding hydrogens is 140 g/mol. The second-order valence-corrected chi connectivity index (χ2v) is 1.91. The van der Waals surface area contributed by atoms with Gasteiger partial charge in [0.05, 0.1) is 0 Å². The topological polar surface area (TPSA) is 72.3 Å². The third kappa shape index (κ3) is 1.31. The molecule has 0 aliphatic carbocycles. The van der Waals surface area contributed by atoms with Gasteiger partial charge in [-0.15, -0.1) is 5.11 Å². The van der Waals surface area contributed by atoms with Crippen molar-refractivity contribution in [2.24, 2.45) is 10.2 Å². The van der Waals surface area contributed by atoms with Crippen LogP contribution in [-0.4, -0.2) is 5.54 Å². The average molecular weight is 144 g/mol. The van der Waals surface area contributed by atoms with Crippen LogP contribution in [-0.2, 0) is 0 Å². The summed E-state index contributed by atoms with van der Waals surface area (Å²) in [5, 5.41) is 24.1. The van der Waals surface area contributed by atoms with Crippen LogP contribution in [0.1, 0.15) is 0 Å². The molecular formula is C7H4N4. The lowest BCUT2D eigenvalue weighted by atomic mass is 10.1. The third-order valence-corrected chi connectivity index (χ3v) is 1.16. The highest BCUT2D eigenvalue weighted by molar-refractivity contribution is 5.34. The second kappa shape index (κ2) is 2.76. The molecule has 0 radical (unpaired) electrons. The molecule has 0 fully saturated rings. The Hall–Kier alpha value is -1.94. The standard InChI is InChI=1S/C7H4N4/c8-5-7(6-9)3-1-2-4-10-11-7/h1-4H. The summed E-state index contributed by atoms with van der Waals surface area (Å²) in [4.78, 5) is 0. The molecule has 0 amide bonds. The minimum absolute atomic E-state index is 1.40. The van der Waals surface area contributed by atoms with Crippen molar-refractivity contribution in [2.45, 2.75) is 5.54 Å². The molecule has 1 heterocycles. The van der Waals surface area contributed by atoms with Gasteiger partial charge in [-0.3, -0.25) is 0 Å². The Bertz CT molecular complexity index is 278. The Morgan fingerprint density at radius 3 is 2.55 bits per heavy atom. The molecule has 4 nitrogen and oxygen atoms in total. The van der Waals surface area contributed by atoms with Gasteiger partial charge in [-0.1, -0.05) is 6.08 Å². The Balaban J connectivity index is 3.08. The molecule has 0 saturated heterocycles. The number of azo groups is 1. The summed E-state index contributed by atoms with van der Waals surface area (Å²) in [6.07, 6.45) is 6.01. The van der Waals surface area contributed by atoms with Crippen molar-refractivity contribution in [2.75, 3.05) is 0 Å². The molecule has 0 aromatic rings. The minimum atomic E-state index is -1.43. The quantitative estimate of drug-likeness (QED) is 0.514. The lowest BCUT2D eigenvalue weighted by molar-refractivity contribution is 0.797. The lowest BCUT2D eigenvalue weighted by Gasteiger charge is -2.01. The first-order valence-electron chi connectivity index (χ1n) is 2.92. The van der Waals surface area contributed by atoms with E-state index in [0.29, 0.717) is 0 Å². The van der Waals surface area contributed by atoms with Gasteiger partial charge >= 0.3 is 0 Å². The van der Waals surface area contributed by atoms with Gasteiger partial charge in [0.25, 0.3) is 5.54 Å². The van der Waals surface area contributed by atoms with Crippen LogP contribution < -0.4 is 0 Å². The maximum Gasteiger partial charge on any atom is 0.270 e. The molecule has 1 rings (SSSR count). The minimum Gasteiger partial charge on any atom is -0.194 e. The second-order valence-electron chi connectivity index (χ2n) is 1.91. The fraction of sp³-hybridized carbons (Fsp3) is 0.143. The van der Waals surface area contributed by atoms with Crippen molar-refractivity contribution in [3.05, 3.63) is 24.4 Å². The van der Waals surface area contributed by atoms with Gasteiger partial charge in [-0.25, -0.2) is 0 Å². The summed E-state index contributed by atoms with van der Waals surface area (Å²) in [6.45, 7) is 0. The van der Waals surface area contributed by atoms with Crippen LogP contribution in [0, 0.1) is 22.7 Å². The van der Waals surface area contributed by atoms with Crippen molar-refractivity contribution in [1.82, 2.24) is 0 Å². The molecule has 1 aliphatic heterocycles. The number of allylic oxidation sites excluding steroid dienone is 2. The van der Waals surface area contributed by atoms with E-state index in [-0.39, 0.29) is 0 Å². The van der Waals surface area contributed by atoms with Crippen LogP contribution in [0.5, 0.6) is 0 Å². The summed E-state index contributed by atoms with van der Waals surface area (Å²) in [5.41, 5.74) is -1.43. The predicted molar refractivity (Wildman–Crippen MR) is 37.1 cm³/mol. The van der Waals surface area contributed by atoms with Gasteiger partial charge < -0.3 is 0 Å². The van der Waals surface area contributed by atoms with Gasteiger partial charge in [-0.05, 0) is 12.2 Å². The highest BCUT2D eigenvalue weighted by Crippen LogP contribution is 2.13. The van der Waals surface area contributed by atoms with Crippen LogP contribution in [0.4, 0.5) is 0 Å². The zero-order chi connectivity index (χ0) is 8.16. The Kier molecular flexibility index (Phi) is 1.80. The normalized spacial score (nSPS) is 18.4. The van der Waals surface area contributed by atoms with Crippen LogP contribution in [0.2, 0.25) is 0 Å². The van der Waals surface area contributed by atoms with Gasteiger partial charge in [0.2, 0.25) is 0 Å². The molecule has 4 heteroatoms. The first-order valence-corrected chi connectivity index (χ1v) is 2.92. The summed E-state index contributed by atoms with van der Waals surface area (Å²) in [7, 11) is 0. The zero-order valence-electron chi connectivity index (χ0n) is 5.60. The van der Waals surface area contributed by atoms with Crippen molar-refractivity contribution in [1.29, 1.82) is 10.5 Å². The van der Waals surface area contributed by atoms with Crippen molar-refractivity contribution in [3.63, 3.8) is 0 Å². The number of rotatable bonds is 0. The van der Waals surface area contributed by atoms with E-state index < -0.39 is 5.54 Å². The fourth-order valence-corrected chi connectivity index (χ4v) is 0.585. The van der Waals surface area contributed by atoms with E-state index in [9.17, 15) is 0 Å². The fourth-order valence-electron chi connectivity index (χ4n) is 0.585. The molecule has 11 heavy (non-hydrogen) atoms. The van der Waals surface area contributed by atoms with Crippen molar-refractivity contribution in [3.8, 4) is 12.1 Å². The summed E-state index contributed by atoms with van der Waals surface area (Å²) in [5.74, 6) is 0. The van der Waals surface area contributed by atoms with Gasteiger partial charge in [0, 0.05) is 6.20 Å². The van der Waals surface area contributed by atoms with Crippen LogP contribution in [0.15, 0.2) is 34.7 Å². The summed E-state index contributed by atoms with van der Waals surface area (Å²) in [6, 6.07) is 3.52. The molecule has 52 valence electrons. The van der Waals surface area contributed by atoms with E-state index in [1.807, 2.05) is 0 Å². The number of nitriles is 2. The highest BCUT2D eigenvalue weighted by Gasteiger charge is 2.25. The molecule has 0 spiro atoms. The van der Waals surface area contributed by atoms with Gasteiger partial charge in [-0.2, -0.15) is 15.6 Å². The van der Waals surface area contributed by atoms with E-state index >= 15 is 0 Å². The average Bonchev–Trinajstić information content (AvgIpc) is 2.30. The number of hydrogen-bond donors (Lipinski definition) is 0. The smallest absolute Gasteiger partial charge is 0.194 e. The Labute approximate surface area is 63.8 Å². The highest BCUT2D eigenvalue weighted by atomic mass is 15.1. The summed E-state index contributed by atoms with van der Waals surface area (Å²) >= 11 is 0. The van der Waals surface area contributed by atoms with E-state index in [2.05, 4.69) is 10.2 Å². The Morgan fingerprint density at radius 1 is 1.18 bits per heavy atom. The summed E-state index contributed by atoms with van der Waals surface area (Å²) < 4.78 is 0. The third-order valence-electron chi connectivity index (χ3n) is 1.16. The Morgan fingerprint density at radius 2 is 1.91 bits per heavy atom. The van der Waals surface area contributed by atoms with E-state index in [1.54, 1.807) is 24.3 Å². The van der Waals surface area contributed by atoms with Crippen LogP contribution >= 0.6 is 0 Å². The molecule has 0 N–H and O–H groups in total. The predicted octanol–water partition coefficient (Wildman–Crippen LogP) is 1.31. The SMILES string of the molecule is N#CC1(C#N)C=CC=CN=N1. The number of hydrogen-bond acceptors (Lipinski definition) is 4. The molecule has 1 aliphatic rings. The van der Waals surface area contributed by atoms with Gasteiger partial charge in [0.15, 0.2) is 0 Å². The first-order chi connectivity index (χ1) is 5.33. The maximum absolute atomic E-state index is 8.56. The van der Waals surface area contributed by atoms with E-state index in [1.165, 1.54) is 12.3 Å². The van der Waals surface area contributed by atoms with Crippen molar-refractivity contribution < 1.29 is 0 Å².